The molecular formula is C20H21N3O2. The van der Waals surface area contributed by atoms with Crippen LogP contribution in [0.3, 0.4) is 0 Å². The van der Waals surface area contributed by atoms with E-state index in [2.05, 4.69) is 10.2 Å². The van der Waals surface area contributed by atoms with E-state index in [4.69, 9.17) is 4.42 Å². The maximum absolute atomic E-state index is 13.0. The van der Waals surface area contributed by atoms with Crippen molar-refractivity contribution in [2.45, 2.75) is 26.2 Å². The Kier molecular flexibility index (Phi) is 5.23. The van der Waals surface area contributed by atoms with Gasteiger partial charge in [0.25, 0.3) is 0 Å². The lowest BCUT2D eigenvalue weighted by Crippen LogP contribution is -2.31. The summed E-state index contributed by atoms with van der Waals surface area (Å²) >= 11 is 0. The number of rotatable bonds is 6. The summed E-state index contributed by atoms with van der Waals surface area (Å²) < 4.78 is 5.63. The summed E-state index contributed by atoms with van der Waals surface area (Å²) in [6.07, 6.45) is 0.272. The maximum Gasteiger partial charge on any atom is 0.228 e. The molecular weight excluding hydrogens is 314 g/mol. The smallest absolute Gasteiger partial charge is 0.228 e. The van der Waals surface area contributed by atoms with E-state index in [1.165, 1.54) is 0 Å². The number of benzene rings is 2. The van der Waals surface area contributed by atoms with Gasteiger partial charge in [0.2, 0.25) is 17.7 Å². The molecule has 0 saturated carbocycles. The van der Waals surface area contributed by atoms with E-state index in [0.29, 0.717) is 18.3 Å². The fraction of sp³-hybridized carbons (Fsp3) is 0.250. The monoisotopic (exact) mass is 335 g/mol. The molecule has 0 N–H and O–H groups in total. The number of anilines is 1. The predicted octanol–water partition coefficient (Wildman–Crippen LogP) is 3.95. The van der Waals surface area contributed by atoms with Crippen molar-refractivity contribution in [1.82, 2.24) is 10.2 Å². The molecule has 2 aromatic carbocycles. The Morgan fingerprint density at radius 1 is 1.04 bits per heavy atom. The van der Waals surface area contributed by atoms with Crippen LogP contribution in [0.15, 0.2) is 65.1 Å². The Morgan fingerprint density at radius 2 is 1.68 bits per heavy atom. The Hall–Kier alpha value is -2.95. The van der Waals surface area contributed by atoms with E-state index < -0.39 is 0 Å². The molecule has 3 rings (SSSR count). The lowest BCUT2D eigenvalue weighted by molar-refractivity contribution is -0.118. The number of aromatic nitrogens is 2. The van der Waals surface area contributed by atoms with Gasteiger partial charge in [0.15, 0.2) is 0 Å². The molecule has 0 aliphatic heterocycles. The first kappa shape index (κ1) is 16.9. The third-order valence-electron chi connectivity index (χ3n) is 4.11. The molecule has 0 bridgehead atoms. The molecule has 0 radical (unpaired) electrons. The van der Waals surface area contributed by atoms with Gasteiger partial charge in [-0.1, -0.05) is 48.5 Å². The van der Waals surface area contributed by atoms with Crippen molar-refractivity contribution in [3.63, 3.8) is 0 Å². The van der Waals surface area contributed by atoms with Gasteiger partial charge < -0.3 is 9.32 Å². The molecule has 25 heavy (non-hydrogen) atoms. The molecule has 0 aliphatic carbocycles. The van der Waals surface area contributed by atoms with E-state index >= 15 is 0 Å². The zero-order valence-electron chi connectivity index (χ0n) is 14.4. The van der Waals surface area contributed by atoms with Crippen LogP contribution in [-0.4, -0.2) is 22.6 Å². The van der Waals surface area contributed by atoms with Crippen LogP contribution < -0.4 is 4.90 Å². The summed E-state index contributed by atoms with van der Waals surface area (Å²) in [5.41, 5.74) is 1.88. The first-order chi connectivity index (χ1) is 12.2. The van der Waals surface area contributed by atoms with E-state index in [1.54, 1.807) is 11.8 Å². The van der Waals surface area contributed by atoms with Crippen molar-refractivity contribution in [3.8, 4) is 0 Å². The minimum atomic E-state index is -0.257. The summed E-state index contributed by atoms with van der Waals surface area (Å²) in [6.45, 7) is 4.33. The zero-order chi connectivity index (χ0) is 17.6. The van der Waals surface area contributed by atoms with Crippen molar-refractivity contribution in [2.24, 2.45) is 0 Å². The Morgan fingerprint density at radius 3 is 2.24 bits per heavy atom. The summed E-state index contributed by atoms with van der Waals surface area (Å²) in [5.74, 6) is 0.742. The molecule has 5 heteroatoms. The van der Waals surface area contributed by atoms with Crippen LogP contribution in [0, 0.1) is 6.92 Å². The second-order valence-electron chi connectivity index (χ2n) is 5.80. The van der Waals surface area contributed by atoms with Crippen molar-refractivity contribution in [3.05, 3.63) is 78.0 Å². The molecule has 0 fully saturated rings. The number of hydrogen-bond acceptors (Lipinski definition) is 4. The standard InChI is InChI=1S/C20H21N3O2/c1-3-23(17-12-8-5-9-13-17)19(24)14-18(16-10-6-4-7-11-16)20-22-21-15(2)25-20/h4-13,18H,3,14H2,1-2H3. The van der Waals surface area contributed by atoms with Crippen LogP contribution in [-0.2, 0) is 4.79 Å². The average Bonchev–Trinajstić information content (AvgIpc) is 3.08. The topological polar surface area (TPSA) is 59.2 Å². The first-order valence-electron chi connectivity index (χ1n) is 8.39. The molecule has 1 unspecified atom stereocenters. The Balaban J connectivity index is 1.88. The highest BCUT2D eigenvalue weighted by atomic mass is 16.4. The van der Waals surface area contributed by atoms with E-state index in [-0.39, 0.29) is 18.2 Å². The Bertz CT molecular complexity index is 815. The number of amides is 1. The minimum Gasteiger partial charge on any atom is -0.425 e. The van der Waals surface area contributed by atoms with E-state index in [9.17, 15) is 4.79 Å². The van der Waals surface area contributed by atoms with Gasteiger partial charge in [-0.25, -0.2) is 0 Å². The Labute approximate surface area is 147 Å². The van der Waals surface area contributed by atoms with Gasteiger partial charge >= 0.3 is 0 Å². The average molecular weight is 335 g/mol. The number of aryl methyl sites for hydroxylation is 1. The highest BCUT2D eigenvalue weighted by Crippen LogP contribution is 2.28. The molecule has 5 nitrogen and oxygen atoms in total. The molecule has 0 saturated heterocycles. The third-order valence-corrected chi connectivity index (χ3v) is 4.11. The molecule has 128 valence electrons. The number of nitrogens with zero attached hydrogens (tertiary/aromatic N) is 3. The lowest BCUT2D eigenvalue weighted by atomic mass is 9.95. The molecule has 0 aliphatic rings. The fourth-order valence-corrected chi connectivity index (χ4v) is 2.88. The fourth-order valence-electron chi connectivity index (χ4n) is 2.88. The highest BCUT2D eigenvalue weighted by molar-refractivity contribution is 5.93. The third kappa shape index (κ3) is 3.94. The van der Waals surface area contributed by atoms with Gasteiger partial charge in [-0.2, -0.15) is 0 Å². The zero-order valence-corrected chi connectivity index (χ0v) is 14.4. The van der Waals surface area contributed by atoms with Crippen molar-refractivity contribution in [1.29, 1.82) is 0 Å². The SMILES string of the molecule is CCN(C(=O)CC(c1ccccc1)c1nnc(C)o1)c1ccccc1. The second kappa shape index (κ2) is 7.75. The predicted molar refractivity (Wildman–Crippen MR) is 96.4 cm³/mol. The quantitative estimate of drug-likeness (QED) is 0.684. The lowest BCUT2D eigenvalue weighted by Gasteiger charge is -2.23. The normalized spacial score (nSPS) is 11.9. The second-order valence-corrected chi connectivity index (χ2v) is 5.80. The number of hydrogen-bond donors (Lipinski definition) is 0. The maximum atomic E-state index is 13.0. The van der Waals surface area contributed by atoms with Crippen molar-refractivity contribution in [2.75, 3.05) is 11.4 Å². The molecule has 0 spiro atoms. The summed E-state index contributed by atoms with van der Waals surface area (Å²) in [5, 5.41) is 8.07. The molecule has 1 amide bonds. The van der Waals surface area contributed by atoms with Gasteiger partial charge in [0.1, 0.15) is 0 Å². The van der Waals surface area contributed by atoms with Gasteiger partial charge in [0, 0.05) is 25.6 Å². The summed E-state index contributed by atoms with van der Waals surface area (Å²) in [6, 6.07) is 19.5. The van der Waals surface area contributed by atoms with Gasteiger partial charge in [0.05, 0.1) is 5.92 Å². The van der Waals surface area contributed by atoms with Crippen LogP contribution in [0.2, 0.25) is 0 Å². The molecule has 1 heterocycles. The number of carbonyl (C=O) groups is 1. The number of carbonyl (C=O) groups excluding carboxylic acids is 1. The van der Waals surface area contributed by atoms with E-state index in [0.717, 1.165) is 11.3 Å². The van der Waals surface area contributed by atoms with Crippen LogP contribution in [0.1, 0.15) is 36.6 Å². The molecule has 3 aromatic rings. The van der Waals surface area contributed by atoms with Gasteiger partial charge in [-0.05, 0) is 24.6 Å². The summed E-state index contributed by atoms with van der Waals surface area (Å²) in [7, 11) is 0. The van der Waals surface area contributed by atoms with Crippen LogP contribution in [0.25, 0.3) is 0 Å². The van der Waals surface area contributed by atoms with Crippen molar-refractivity contribution >= 4 is 11.6 Å². The summed E-state index contributed by atoms with van der Waals surface area (Å²) in [4.78, 5) is 14.8. The first-order valence-corrected chi connectivity index (χ1v) is 8.39. The minimum absolute atomic E-state index is 0.0263. The highest BCUT2D eigenvalue weighted by Gasteiger charge is 2.26. The van der Waals surface area contributed by atoms with Crippen LogP contribution in [0.4, 0.5) is 5.69 Å². The van der Waals surface area contributed by atoms with Crippen molar-refractivity contribution < 1.29 is 9.21 Å². The van der Waals surface area contributed by atoms with E-state index in [1.807, 2.05) is 67.6 Å². The van der Waals surface area contributed by atoms with Gasteiger partial charge in [-0.3, -0.25) is 4.79 Å². The largest absolute Gasteiger partial charge is 0.425 e. The van der Waals surface area contributed by atoms with Crippen LogP contribution >= 0.6 is 0 Å². The number of para-hydroxylation sites is 1. The molecule has 1 aromatic heterocycles. The van der Waals surface area contributed by atoms with Crippen LogP contribution in [0.5, 0.6) is 0 Å². The van der Waals surface area contributed by atoms with Gasteiger partial charge in [-0.15, -0.1) is 10.2 Å². The molecule has 1 atom stereocenters.